The first-order valence-corrected chi connectivity index (χ1v) is 23.8. The Morgan fingerprint density at radius 3 is 1.83 bits per heavy atom. The third-order valence-electron chi connectivity index (χ3n) is 6.19. The molecule has 0 N–H and O–H groups in total. The highest BCUT2D eigenvalue weighted by atomic mass is 32.3. The van der Waals surface area contributed by atoms with Crippen molar-refractivity contribution in [1.82, 2.24) is 12.8 Å². The topological polar surface area (TPSA) is 9.72 Å². The lowest BCUT2D eigenvalue weighted by molar-refractivity contribution is 0.388. The van der Waals surface area contributed by atoms with Crippen LogP contribution in [0, 0.1) is 0 Å². The Kier molecular flexibility index (Phi) is 12.8. The van der Waals surface area contributed by atoms with Crippen LogP contribution in [0.25, 0.3) is 0 Å². The summed E-state index contributed by atoms with van der Waals surface area (Å²) in [4.78, 5) is 0. The molecule has 0 aromatic rings. The van der Waals surface area contributed by atoms with Crippen LogP contribution in [-0.2, 0) is 0 Å². The molecule has 0 heterocycles. The molecule has 1 unspecified atom stereocenters. The molecule has 0 spiro atoms. The largest absolute Gasteiger partial charge is 0.341 e. The van der Waals surface area contributed by atoms with Gasteiger partial charge >= 0.3 is 0 Å². The van der Waals surface area contributed by atoms with Gasteiger partial charge in [-0.05, 0) is 19.1 Å². The van der Waals surface area contributed by atoms with Gasteiger partial charge in [-0.25, -0.2) is 0 Å². The zero-order valence-electron chi connectivity index (χ0n) is 20.7. The second-order valence-electron chi connectivity index (χ2n) is 9.33. The van der Waals surface area contributed by atoms with E-state index in [1.54, 1.807) is 0 Å². The van der Waals surface area contributed by atoms with Crippen molar-refractivity contribution in [2.45, 2.75) is 39.3 Å². The van der Waals surface area contributed by atoms with E-state index in [0.717, 1.165) is 25.4 Å². The maximum atomic E-state index is 4.20. The average Bonchev–Trinajstić information content (AvgIpc) is 2.65. The Bertz CT molecular complexity index is 552. The maximum absolute atomic E-state index is 4.20. The number of rotatable bonds is 16. The lowest BCUT2D eigenvalue weighted by Crippen LogP contribution is -2.59. The standard InChI is InChI=1S/C21H49N3SSi4/c1-13-21-25(5,6)23(26-7)19-17-22(28(9,10)15-3)18-20-24(27(8)14-2)29(11,12)16-4/h13-16,27H,1-4,17-21,26H2,5-12H3. The Labute approximate surface area is 190 Å². The molecule has 0 radical (unpaired) electrons. The van der Waals surface area contributed by atoms with E-state index < -0.39 is 35.6 Å². The first-order chi connectivity index (χ1) is 13.3. The summed E-state index contributed by atoms with van der Waals surface area (Å²) in [5.41, 5.74) is 6.69. The normalized spacial score (nSPS) is 15.3. The second-order valence-corrected chi connectivity index (χ2v) is 26.7. The molecule has 170 valence electrons. The monoisotopic (exact) mass is 487 g/mol. The van der Waals surface area contributed by atoms with Gasteiger partial charge in [-0.3, -0.25) is 3.97 Å². The van der Waals surface area contributed by atoms with Crippen molar-refractivity contribution in [3.8, 4) is 0 Å². The Balaban J connectivity index is 5.44. The van der Waals surface area contributed by atoms with E-state index >= 15 is 0 Å². The minimum Gasteiger partial charge on any atom is -0.341 e. The fourth-order valence-corrected chi connectivity index (χ4v) is 16.8. The average molecular weight is 488 g/mol. The lowest BCUT2D eigenvalue weighted by atomic mass is 10.6. The van der Waals surface area contributed by atoms with Gasteiger partial charge in [-0.2, -0.15) is 10.2 Å². The molecule has 29 heavy (non-hydrogen) atoms. The van der Waals surface area contributed by atoms with Crippen molar-refractivity contribution >= 4 is 45.3 Å². The molecule has 0 rings (SSSR count). The minimum absolute atomic E-state index is 0.200. The SMILES string of the molecule is C=CCS(C)(C)N(CCN(CCN([SiH](C)C=C)[Si](C)(C)C=C)[Si](C)(C)C=C)[SiH2]C. The Morgan fingerprint density at radius 2 is 1.41 bits per heavy atom. The molecular weight excluding hydrogens is 439 g/mol. The van der Waals surface area contributed by atoms with E-state index in [1.165, 1.54) is 6.54 Å². The molecular formula is C21H49N3SSi4. The minimum atomic E-state index is -1.62. The van der Waals surface area contributed by atoms with Crippen molar-refractivity contribution in [1.29, 1.82) is 0 Å². The Morgan fingerprint density at radius 1 is 0.897 bits per heavy atom. The summed E-state index contributed by atoms with van der Waals surface area (Å²) < 4.78 is 8.37. The van der Waals surface area contributed by atoms with Crippen molar-refractivity contribution < 1.29 is 0 Å². The van der Waals surface area contributed by atoms with Crippen molar-refractivity contribution in [3.63, 3.8) is 0 Å². The smallest absolute Gasteiger partial charge is 0.146 e. The van der Waals surface area contributed by atoms with Crippen LogP contribution < -0.4 is 0 Å². The van der Waals surface area contributed by atoms with E-state index in [-0.39, 0.29) is 9.68 Å². The molecule has 0 aromatic heterocycles. The molecule has 0 saturated heterocycles. The quantitative estimate of drug-likeness (QED) is 0.239. The summed E-state index contributed by atoms with van der Waals surface area (Å²) in [5.74, 6) is 1.13. The van der Waals surface area contributed by atoms with Crippen molar-refractivity contribution in [2.24, 2.45) is 0 Å². The van der Waals surface area contributed by atoms with Crippen molar-refractivity contribution in [3.05, 3.63) is 49.5 Å². The van der Waals surface area contributed by atoms with E-state index in [0.29, 0.717) is 0 Å². The molecule has 0 amide bonds. The highest BCUT2D eigenvalue weighted by molar-refractivity contribution is 8.31. The van der Waals surface area contributed by atoms with E-state index in [1.807, 2.05) is 0 Å². The summed E-state index contributed by atoms with van der Waals surface area (Å²) in [5, 5.41) is 0. The summed E-state index contributed by atoms with van der Waals surface area (Å²) in [6, 6.07) is 0. The van der Waals surface area contributed by atoms with Gasteiger partial charge in [0.25, 0.3) is 0 Å². The summed E-state index contributed by atoms with van der Waals surface area (Å²) in [6.45, 7) is 35.6. The van der Waals surface area contributed by atoms with Gasteiger partial charge in [0.1, 0.15) is 35.1 Å². The van der Waals surface area contributed by atoms with Gasteiger partial charge in [-0.1, -0.05) is 62.5 Å². The molecule has 0 aliphatic carbocycles. The van der Waals surface area contributed by atoms with Crippen LogP contribution in [0.5, 0.6) is 0 Å². The van der Waals surface area contributed by atoms with Gasteiger partial charge in [0.15, 0.2) is 0 Å². The molecule has 1 atom stereocenters. The van der Waals surface area contributed by atoms with Crippen LogP contribution >= 0.6 is 10.2 Å². The fourth-order valence-electron chi connectivity index (χ4n) is 3.69. The predicted octanol–water partition coefficient (Wildman–Crippen LogP) is 4.13. The van der Waals surface area contributed by atoms with Gasteiger partial charge in [0.2, 0.25) is 0 Å². The number of hydrogen-bond acceptors (Lipinski definition) is 3. The van der Waals surface area contributed by atoms with E-state index in [2.05, 4.69) is 114 Å². The number of nitrogens with zero attached hydrogens (tertiary/aromatic N) is 3. The molecule has 0 saturated carbocycles. The maximum Gasteiger partial charge on any atom is 0.146 e. The summed E-state index contributed by atoms with van der Waals surface area (Å²) in [7, 11) is -5.23. The third-order valence-corrected chi connectivity index (χ3v) is 23.6. The summed E-state index contributed by atoms with van der Waals surface area (Å²) >= 11 is 0. The molecule has 0 aliphatic rings. The zero-order valence-corrected chi connectivity index (χ0v) is 26.1. The molecule has 8 heteroatoms. The van der Waals surface area contributed by atoms with Crippen LogP contribution in [-0.4, -0.2) is 92.3 Å². The predicted molar refractivity (Wildman–Crippen MR) is 152 cm³/mol. The van der Waals surface area contributed by atoms with Gasteiger partial charge in [-0.15, -0.1) is 26.3 Å². The van der Waals surface area contributed by atoms with Crippen LogP contribution in [0.2, 0.25) is 39.3 Å². The van der Waals surface area contributed by atoms with E-state index in [9.17, 15) is 0 Å². The highest BCUT2D eigenvalue weighted by Crippen LogP contribution is 2.43. The third kappa shape index (κ3) is 8.98. The highest BCUT2D eigenvalue weighted by Gasteiger charge is 2.32. The van der Waals surface area contributed by atoms with Gasteiger partial charge in [0, 0.05) is 25.4 Å². The first kappa shape index (κ1) is 29.1. The number of hydrogen-bond donors (Lipinski definition) is 0. The van der Waals surface area contributed by atoms with Crippen molar-refractivity contribution in [2.75, 3.05) is 44.4 Å². The molecule has 0 aromatic carbocycles. The summed E-state index contributed by atoms with van der Waals surface area (Å²) in [6.07, 6.45) is 7.00. The zero-order chi connectivity index (χ0) is 22.9. The molecule has 0 fully saturated rings. The van der Waals surface area contributed by atoms with Crippen LogP contribution in [0.4, 0.5) is 0 Å². The molecule has 3 nitrogen and oxygen atoms in total. The molecule has 0 aliphatic heterocycles. The van der Waals surface area contributed by atoms with Crippen LogP contribution in [0.1, 0.15) is 0 Å². The molecule has 0 bridgehead atoms. The van der Waals surface area contributed by atoms with Crippen LogP contribution in [0.3, 0.4) is 0 Å². The first-order valence-electron chi connectivity index (χ1n) is 10.8. The van der Waals surface area contributed by atoms with Gasteiger partial charge in [0.05, 0.1) is 0 Å². The lowest BCUT2D eigenvalue weighted by Gasteiger charge is -2.46. The Hall–Kier alpha value is 0.0575. The van der Waals surface area contributed by atoms with E-state index in [4.69, 9.17) is 0 Å². The van der Waals surface area contributed by atoms with Gasteiger partial charge < -0.3 is 8.80 Å². The fraction of sp³-hybridized carbons (Fsp3) is 0.619. The second kappa shape index (κ2) is 12.8. The van der Waals surface area contributed by atoms with Crippen LogP contribution in [0.15, 0.2) is 49.5 Å².